The minimum atomic E-state index is 0.195. The molecule has 0 fully saturated rings. The van der Waals surface area contributed by atoms with Gasteiger partial charge in [0.1, 0.15) is 5.78 Å². The molecular formula is C10H13BrOS. The molecule has 1 aromatic heterocycles. The summed E-state index contributed by atoms with van der Waals surface area (Å²) < 4.78 is 1.07. The van der Waals surface area contributed by atoms with Gasteiger partial charge < -0.3 is 0 Å². The lowest BCUT2D eigenvalue weighted by atomic mass is 10.0. The third-order valence-corrected chi connectivity index (χ3v) is 3.83. The van der Waals surface area contributed by atoms with Crippen LogP contribution in [0.5, 0.6) is 0 Å². The third-order valence-electron chi connectivity index (χ3n) is 2.13. The minimum Gasteiger partial charge on any atom is -0.299 e. The van der Waals surface area contributed by atoms with Crippen LogP contribution in [0.3, 0.4) is 0 Å². The van der Waals surface area contributed by atoms with Gasteiger partial charge in [-0.3, -0.25) is 4.79 Å². The number of hydrogen-bond donors (Lipinski definition) is 0. The molecule has 0 aliphatic carbocycles. The Morgan fingerprint density at radius 2 is 2.38 bits per heavy atom. The summed E-state index contributed by atoms with van der Waals surface area (Å²) in [6.07, 6.45) is 1.52. The standard InChI is InChI=1S/C10H13BrOS/c1-3-7(2)10(12)5-9-4-8(11)6-13-9/h4,6-7H,3,5H2,1-2H3. The Morgan fingerprint density at radius 1 is 1.69 bits per heavy atom. The van der Waals surface area contributed by atoms with Crippen LogP contribution in [-0.2, 0) is 11.2 Å². The second-order valence-corrected chi connectivity index (χ2v) is 5.10. The van der Waals surface area contributed by atoms with Crippen LogP contribution >= 0.6 is 27.3 Å². The Morgan fingerprint density at radius 3 is 2.85 bits per heavy atom. The number of rotatable bonds is 4. The van der Waals surface area contributed by atoms with Crippen LogP contribution in [0.25, 0.3) is 0 Å². The number of thiophene rings is 1. The molecule has 72 valence electrons. The zero-order valence-electron chi connectivity index (χ0n) is 7.84. The second-order valence-electron chi connectivity index (χ2n) is 3.18. The van der Waals surface area contributed by atoms with Crippen molar-refractivity contribution in [3.05, 3.63) is 20.8 Å². The summed E-state index contributed by atoms with van der Waals surface area (Å²) in [6.45, 7) is 4.04. The van der Waals surface area contributed by atoms with Crippen molar-refractivity contribution >= 4 is 33.0 Å². The molecule has 0 aliphatic heterocycles. The zero-order valence-corrected chi connectivity index (χ0v) is 10.2. The molecule has 0 aliphatic rings. The maximum Gasteiger partial charge on any atom is 0.140 e. The predicted octanol–water partition coefficient (Wildman–Crippen LogP) is 3.67. The third kappa shape index (κ3) is 3.24. The van der Waals surface area contributed by atoms with Crippen molar-refractivity contribution in [3.63, 3.8) is 0 Å². The highest BCUT2D eigenvalue weighted by Crippen LogP contribution is 2.21. The van der Waals surface area contributed by atoms with Crippen LogP contribution < -0.4 is 0 Å². The molecule has 0 spiro atoms. The summed E-state index contributed by atoms with van der Waals surface area (Å²) in [7, 11) is 0. The van der Waals surface area contributed by atoms with Gasteiger partial charge in [-0.05, 0) is 28.4 Å². The van der Waals surface area contributed by atoms with Gasteiger partial charge in [-0.1, -0.05) is 13.8 Å². The Hall–Kier alpha value is -0.150. The van der Waals surface area contributed by atoms with Crippen LogP contribution in [0.2, 0.25) is 0 Å². The van der Waals surface area contributed by atoms with Gasteiger partial charge in [0.2, 0.25) is 0 Å². The van der Waals surface area contributed by atoms with E-state index in [1.807, 2.05) is 25.3 Å². The van der Waals surface area contributed by atoms with E-state index < -0.39 is 0 Å². The van der Waals surface area contributed by atoms with E-state index >= 15 is 0 Å². The van der Waals surface area contributed by atoms with Crippen molar-refractivity contribution in [1.29, 1.82) is 0 Å². The number of carbonyl (C=O) groups is 1. The first-order chi connectivity index (χ1) is 6.13. The highest BCUT2D eigenvalue weighted by Gasteiger charge is 2.11. The highest BCUT2D eigenvalue weighted by atomic mass is 79.9. The molecule has 0 radical (unpaired) electrons. The number of carbonyl (C=O) groups excluding carboxylic acids is 1. The molecule has 1 heterocycles. The number of ketones is 1. The average Bonchev–Trinajstić information content (AvgIpc) is 2.49. The van der Waals surface area contributed by atoms with E-state index in [0.717, 1.165) is 15.8 Å². The molecule has 0 saturated carbocycles. The number of hydrogen-bond acceptors (Lipinski definition) is 2. The summed E-state index contributed by atoms with van der Waals surface area (Å²) in [6, 6.07) is 2.02. The van der Waals surface area contributed by atoms with Crippen molar-refractivity contribution in [2.24, 2.45) is 5.92 Å². The minimum absolute atomic E-state index is 0.195. The SMILES string of the molecule is CCC(C)C(=O)Cc1cc(Br)cs1. The quantitative estimate of drug-likeness (QED) is 0.808. The van der Waals surface area contributed by atoms with Crippen molar-refractivity contribution in [1.82, 2.24) is 0 Å². The molecule has 0 bridgehead atoms. The molecule has 1 nitrogen and oxygen atoms in total. The summed E-state index contributed by atoms with van der Waals surface area (Å²) in [4.78, 5) is 12.7. The van der Waals surface area contributed by atoms with E-state index in [-0.39, 0.29) is 5.92 Å². The monoisotopic (exact) mass is 260 g/mol. The van der Waals surface area contributed by atoms with Crippen molar-refractivity contribution in [3.8, 4) is 0 Å². The smallest absolute Gasteiger partial charge is 0.140 e. The predicted molar refractivity (Wildman–Crippen MR) is 60.2 cm³/mol. The van der Waals surface area contributed by atoms with Crippen LogP contribution in [0, 0.1) is 5.92 Å². The van der Waals surface area contributed by atoms with Crippen molar-refractivity contribution in [2.75, 3.05) is 0 Å². The maximum absolute atomic E-state index is 11.5. The topological polar surface area (TPSA) is 17.1 Å². The molecule has 1 aromatic rings. The maximum atomic E-state index is 11.5. The Balaban J connectivity index is 2.54. The molecule has 1 rings (SSSR count). The summed E-state index contributed by atoms with van der Waals surface area (Å²) >= 11 is 5.01. The summed E-state index contributed by atoms with van der Waals surface area (Å²) in [5.41, 5.74) is 0. The van der Waals surface area contributed by atoms with Crippen molar-refractivity contribution < 1.29 is 4.79 Å². The van der Waals surface area contributed by atoms with E-state index in [0.29, 0.717) is 12.2 Å². The van der Waals surface area contributed by atoms with Crippen LogP contribution in [0.4, 0.5) is 0 Å². The van der Waals surface area contributed by atoms with Crippen molar-refractivity contribution in [2.45, 2.75) is 26.7 Å². The zero-order chi connectivity index (χ0) is 9.84. The molecule has 0 N–H and O–H groups in total. The lowest BCUT2D eigenvalue weighted by Gasteiger charge is -2.04. The average molecular weight is 261 g/mol. The molecule has 1 unspecified atom stereocenters. The lowest BCUT2D eigenvalue weighted by Crippen LogP contribution is -2.11. The lowest BCUT2D eigenvalue weighted by molar-refractivity contribution is -0.121. The van der Waals surface area contributed by atoms with E-state index in [2.05, 4.69) is 15.9 Å². The van der Waals surface area contributed by atoms with E-state index in [1.165, 1.54) is 0 Å². The summed E-state index contributed by atoms with van der Waals surface area (Å²) in [5.74, 6) is 0.540. The summed E-state index contributed by atoms with van der Waals surface area (Å²) in [5, 5.41) is 2.01. The highest BCUT2D eigenvalue weighted by molar-refractivity contribution is 9.10. The van der Waals surface area contributed by atoms with Gasteiger partial charge in [0.25, 0.3) is 0 Å². The van der Waals surface area contributed by atoms with Gasteiger partial charge in [0.15, 0.2) is 0 Å². The van der Waals surface area contributed by atoms with Gasteiger partial charge >= 0.3 is 0 Å². The number of Topliss-reactive ketones (excluding diaryl/α,β-unsaturated/α-hetero) is 1. The Bertz CT molecular complexity index is 293. The van der Waals surface area contributed by atoms with Crippen LogP contribution in [0.1, 0.15) is 25.1 Å². The van der Waals surface area contributed by atoms with Gasteiger partial charge in [-0.15, -0.1) is 11.3 Å². The first-order valence-corrected chi connectivity index (χ1v) is 6.06. The molecule has 1 atom stereocenters. The van der Waals surface area contributed by atoms with E-state index in [4.69, 9.17) is 0 Å². The molecule has 3 heteroatoms. The van der Waals surface area contributed by atoms with Gasteiger partial charge in [-0.2, -0.15) is 0 Å². The van der Waals surface area contributed by atoms with Crippen LogP contribution in [-0.4, -0.2) is 5.78 Å². The molecule has 0 saturated heterocycles. The second kappa shape index (κ2) is 4.91. The van der Waals surface area contributed by atoms with Crippen LogP contribution in [0.15, 0.2) is 15.9 Å². The first-order valence-electron chi connectivity index (χ1n) is 4.39. The molecular weight excluding hydrogens is 248 g/mol. The van der Waals surface area contributed by atoms with E-state index in [9.17, 15) is 4.79 Å². The van der Waals surface area contributed by atoms with E-state index in [1.54, 1.807) is 11.3 Å². The first kappa shape index (κ1) is 10.9. The Kier molecular flexibility index (Phi) is 4.13. The molecule has 0 aromatic carbocycles. The van der Waals surface area contributed by atoms with Gasteiger partial charge in [0.05, 0.1) is 0 Å². The normalized spacial score (nSPS) is 12.8. The fourth-order valence-electron chi connectivity index (χ4n) is 1.02. The van der Waals surface area contributed by atoms with Gasteiger partial charge in [-0.25, -0.2) is 0 Å². The molecule has 13 heavy (non-hydrogen) atoms. The molecule has 0 amide bonds. The number of halogens is 1. The Labute approximate surface area is 91.3 Å². The van der Waals surface area contributed by atoms with Gasteiger partial charge in [0, 0.05) is 27.1 Å². The fraction of sp³-hybridized carbons (Fsp3) is 0.500. The largest absolute Gasteiger partial charge is 0.299 e. The fourth-order valence-corrected chi connectivity index (χ4v) is 2.48.